The van der Waals surface area contributed by atoms with E-state index in [-0.39, 0.29) is 40.0 Å². The quantitative estimate of drug-likeness (QED) is 0.212. The van der Waals surface area contributed by atoms with Crippen molar-refractivity contribution in [1.82, 2.24) is 10.00 Å². The fraction of sp³-hybridized carbons (Fsp3) is 0.364. The van der Waals surface area contributed by atoms with Crippen LogP contribution in [-0.2, 0) is 16.1 Å². The molecule has 0 radical (unpaired) electrons. The van der Waals surface area contributed by atoms with Crippen molar-refractivity contribution in [1.29, 1.82) is 0 Å². The van der Waals surface area contributed by atoms with Crippen molar-refractivity contribution in [3.63, 3.8) is 0 Å². The Morgan fingerprint density at radius 1 is 1.19 bits per heavy atom. The first kappa shape index (κ1) is 25.2. The van der Waals surface area contributed by atoms with Crippen LogP contribution in [0.5, 0.6) is 5.75 Å². The van der Waals surface area contributed by atoms with Crippen molar-refractivity contribution in [3.05, 3.63) is 64.3 Å². The number of carbonyl (C=O) groups is 1. The number of fused-ring (bicyclic) bond motifs is 1. The average Bonchev–Trinajstić information content (AvgIpc) is 3.22. The van der Waals surface area contributed by atoms with Crippen LogP contribution in [0.4, 0.5) is 23.5 Å². The summed E-state index contributed by atoms with van der Waals surface area (Å²) in [6.45, 7) is 1.64. The van der Waals surface area contributed by atoms with Gasteiger partial charge in [-0.15, -0.1) is 13.2 Å². The first-order valence-corrected chi connectivity index (χ1v) is 10.9. The minimum Gasteiger partial charge on any atom is -0.739 e. The van der Waals surface area contributed by atoms with E-state index in [1.807, 2.05) is 11.0 Å². The molecule has 1 atom stereocenters. The molecule has 2 aromatic carbocycles. The van der Waals surface area contributed by atoms with Crippen LogP contribution in [0, 0.1) is 16.2 Å². The molecule has 4 rings (SSSR count). The fourth-order valence-corrected chi connectivity index (χ4v) is 3.88. The van der Waals surface area contributed by atoms with Gasteiger partial charge in [0.25, 0.3) is 0 Å². The molecule has 0 amide bonds. The van der Waals surface area contributed by atoms with Crippen molar-refractivity contribution < 1.29 is 41.4 Å². The smallest absolute Gasteiger partial charge is 0.573 e. The Hall–Kier alpha value is -3.94. The highest BCUT2D eigenvalue weighted by Gasteiger charge is 2.32. The summed E-state index contributed by atoms with van der Waals surface area (Å²) in [4.78, 5) is 14.2. The number of aromatic nitrogens is 3. The largest absolute Gasteiger partial charge is 0.739 e. The van der Waals surface area contributed by atoms with E-state index in [0.717, 1.165) is 23.8 Å². The normalized spacial score (nSPS) is 16.3. The van der Waals surface area contributed by atoms with Crippen molar-refractivity contribution in [2.24, 2.45) is 0 Å². The van der Waals surface area contributed by atoms with Gasteiger partial charge >= 0.3 is 23.8 Å². The Bertz CT molecular complexity index is 1260. The molecule has 0 aliphatic carbocycles. The lowest BCUT2D eigenvalue weighted by atomic mass is 10.2. The molecule has 0 spiro atoms. The van der Waals surface area contributed by atoms with Gasteiger partial charge in [-0.05, 0) is 36.2 Å². The van der Waals surface area contributed by atoms with Gasteiger partial charge < -0.3 is 19.9 Å². The Balaban J connectivity index is 1.28. The summed E-state index contributed by atoms with van der Waals surface area (Å²) in [5.41, 5.74) is 0.143. The lowest BCUT2D eigenvalue weighted by Gasteiger charge is -2.16. The van der Waals surface area contributed by atoms with Gasteiger partial charge in [0.1, 0.15) is 17.7 Å². The molecule has 1 aromatic heterocycles. The van der Waals surface area contributed by atoms with Gasteiger partial charge in [0.15, 0.2) is 5.52 Å². The minimum atomic E-state index is -4.96. The number of anilines is 1. The summed E-state index contributed by atoms with van der Waals surface area (Å²) >= 11 is 0. The van der Waals surface area contributed by atoms with Crippen LogP contribution >= 0.6 is 0 Å². The molecule has 3 aromatic rings. The van der Waals surface area contributed by atoms with Gasteiger partial charge in [0, 0.05) is 24.5 Å². The maximum atomic E-state index is 13.3. The summed E-state index contributed by atoms with van der Waals surface area (Å²) in [5, 5.41) is 30.6. The Labute approximate surface area is 201 Å². The highest BCUT2D eigenvalue weighted by molar-refractivity contribution is 5.71. The number of esters is 1. The second-order valence-corrected chi connectivity index (χ2v) is 8.13. The third kappa shape index (κ3) is 6.38. The second kappa shape index (κ2) is 10.4. The zero-order valence-corrected chi connectivity index (χ0v) is 18.7. The van der Waals surface area contributed by atoms with Gasteiger partial charge in [-0.2, -0.15) is 0 Å². The van der Waals surface area contributed by atoms with Crippen LogP contribution < -0.4 is 19.6 Å². The zero-order valence-electron chi connectivity index (χ0n) is 18.7. The Kier molecular flexibility index (Phi) is 7.24. The highest BCUT2D eigenvalue weighted by Crippen LogP contribution is 2.24. The predicted molar refractivity (Wildman–Crippen MR) is 116 cm³/mol. The van der Waals surface area contributed by atoms with Crippen molar-refractivity contribution in [2.75, 3.05) is 25.0 Å². The van der Waals surface area contributed by atoms with Crippen LogP contribution in [0.15, 0.2) is 42.5 Å². The molecule has 14 heteroatoms. The number of rotatable bonds is 8. The molecular formula is C22H21F4N5O5. The van der Waals surface area contributed by atoms with Gasteiger partial charge in [-0.1, -0.05) is 12.1 Å². The van der Waals surface area contributed by atoms with E-state index >= 15 is 0 Å². The van der Waals surface area contributed by atoms with Gasteiger partial charge in [0.05, 0.1) is 19.0 Å². The fourth-order valence-electron chi connectivity index (χ4n) is 3.88. The van der Waals surface area contributed by atoms with E-state index in [2.05, 4.69) is 15.2 Å². The molecule has 0 saturated carbocycles. The van der Waals surface area contributed by atoms with Crippen LogP contribution in [-0.4, -0.2) is 48.1 Å². The molecule has 1 saturated heterocycles. The summed E-state index contributed by atoms with van der Waals surface area (Å²) in [5.74, 6) is -1.95. The summed E-state index contributed by atoms with van der Waals surface area (Å²) in [7, 11) is 0. The third-order valence-corrected chi connectivity index (χ3v) is 5.42. The molecule has 1 aliphatic rings. The van der Waals surface area contributed by atoms with Crippen molar-refractivity contribution in [2.45, 2.75) is 31.9 Å². The molecule has 0 bridgehead atoms. The zero-order chi connectivity index (χ0) is 25.9. The third-order valence-electron chi connectivity index (χ3n) is 5.42. The average molecular weight is 511 g/mol. The first-order chi connectivity index (χ1) is 17.1. The van der Waals surface area contributed by atoms with E-state index in [4.69, 9.17) is 4.74 Å². The van der Waals surface area contributed by atoms with Crippen LogP contribution in [0.2, 0.25) is 0 Å². The van der Waals surface area contributed by atoms with E-state index in [1.54, 1.807) is 6.07 Å². The molecule has 1 N–H and O–H groups in total. The predicted octanol–water partition coefficient (Wildman–Crippen LogP) is 2.16. The molecule has 1 aliphatic heterocycles. The monoisotopic (exact) mass is 511 g/mol. The number of benzene rings is 2. The van der Waals surface area contributed by atoms with Crippen LogP contribution in [0.1, 0.15) is 18.4 Å². The molecule has 192 valence electrons. The molecule has 2 heterocycles. The maximum Gasteiger partial charge on any atom is 0.573 e. The maximum absolute atomic E-state index is 13.3. The first-order valence-electron chi connectivity index (χ1n) is 10.9. The Morgan fingerprint density at radius 2 is 2.00 bits per heavy atom. The van der Waals surface area contributed by atoms with Crippen molar-refractivity contribution in [3.8, 4) is 5.75 Å². The summed E-state index contributed by atoms with van der Waals surface area (Å²) < 4.78 is 59.9. The highest BCUT2D eigenvalue weighted by atomic mass is 19.4. The standard InChI is InChI=1S/C22H21F4N5O5/c23-15-3-1-2-14(10-15)12-29-9-7-17(13-29)35-20(32)6-8-27-21-28-31(34)19-11-16(36-22(24,25)26)4-5-18(19)30(21)33/h1-5,10-11,17H,6-9,12-13H2,(H,27,28). The summed E-state index contributed by atoms with van der Waals surface area (Å²) in [6, 6.07) is 8.91. The van der Waals surface area contributed by atoms with E-state index in [1.165, 1.54) is 12.1 Å². The Morgan fingerprint density at radius 3 is 2.75 bits per heavy atom. The number of hydrogen-bond acceptors (Lipinski definition) is 8. The number of carbonyl (C=O) groups excluding carboxylic acids is 1. The van der Waals surface area contributed by atoms with Gasteiger partial charge in [-0.25, -0.2) is 9.12 Å². The molecule has 36 heavy (non-hydrogen) atoms. The second-order valence-electron chi connectivity index (χ2n) is 8.13. The number of nitrogens with one attached hydrogen (secondary N) is 1. The number of halogens is 4. The van der Waals surface area contributed by atoms with Gasteiger partial charge in [0.2, 0.25) is 5.10 Å². The topological polar surface area (TPSA) is 118 Å². The SMILES string of the molecule is O=C(CCNc1n[n+]([O-])c2cc(OC(F)(F)F)ccc2[n+]1[O-])OC1CCN(Cc2cccc(F)c2)C1. The molecular weight excluding hydrogens is 490 g/mol. The number of nitrogens with zero attached hydrogens (tertiary/aromatic N) is 4. The van der Waals surface area contributed by atoms with Crippen LogP contribution in [0.25, 0.3) is 11.0 Å². The lowest BCUT2D eigenvalue weighted by Crippen LogP contribution is -2.44. The molecule has 1 fully saturated rings. The van der Waals surface area contributed by atoms with E-state index in [9.17, 15) is 32.8 Å². The number of likely N-dealkylation sites (tertiary alicyclic amines) is 1. The lowest BCUT2D eigenvalue weighted by molar-refractivity contribution is -0.672. The summed E-state index contributed by atoms with van der Waals surface area (Å²) in [6.07, 6.45) is -4.79. The van der Waals surface area contributed by atoms with Crippen LogP contribution in [0.3, 0.4) is 0 Å². The van der Waals surface area contributed by atoms with Gasteiger partial charge in [-0.3, -0.25) is 15.0 Å². The number of hydrogen-bond donors (Lipinski definition) is 1. The van der Waals surface area contributed by atoms with E-state index in [0.29, 0.717) is 26.1 Å². The van der Waals surface area contributed by atoms with E-state index < -0.39 is 29.5 Å². The van der Waals surface area contributed by atoms with Crippen molar-refractivity contribution >= 4 is 23.0 Å². The number of alkyl halides is 3. The molecule has 1 unspecified atom stereocenters. The minimum absolute atomic E-state index is 0.0145. The number of ether oxygens (including phenoxy) is 2. The molecule has 10 nitrogen and oxygen atoms in total.